The summed E-state index contributed by atoms with van der Waals surface area (Å²) in [6.45, 7) is 7.24. The second-order valence-electron chi connectivity index (χ2n) is 7.57. The summed E-state index contributed by atoms with van der Waals surface area (Å²) >= 11 is 3.42. The number of carbonyl (C=O) groups is 4. The van der Waals surface area contributed by atoms with E-state index >= 15 is 0 Å². The number of allylic oxidation sites excluding steroid dienone is 1. The van der Waals surface area contributed by atoms with E-state index in [1.54, 1.807) is 36.4 Å². The monoisotopic (exact) mass is 526 g/mol. The van der Waals surface area contributed by atoms with E-state index in [0.29, 0.717) is 33.5 Å². The van der Waals surface area contributed by atoms with Crippen LogP contribution >= 0.6 is 15.9 Å². The van der Waals surface area contributed by atoms with Crippen molar-refractivity contribution in [2.24, 2.45) is 0 Å². The van der Waals surface area contributed by atoms with Gasteiger partial charge in [-0.2, -0.15) is 0 Å². The van der Waals surface area contributed by atoms with Gasteiger partial charge in [-0.25, -0.2) is 14.5 Å². The average molecular weight is 527 g/mol. The summed E-state index contributed by atoms with van der Waals surface area (Å²) < 4.78 is 10.7. The number of amides is 4. The molecule has 1 N–H and O–H groups in total. The van der Waals surface area contributed by atoms with Crippen molar-refractivity contribution in [2.45, 2.75) is 20.3 Å². The summed E-state index contributed by atoms with van der Waals surface area (Å²) in [5, 5.41) is 2.22. The highest BCUT2D eigenvalue weighted by atomic mass is 79.9. The van der Waals surface area contributed by atoms with Crippen molar-refractivity contribution in [3.05, 3.63) is 75.3 Å². The predicted octanol–water partition coefficient (Wildman–Crippen LogP) is 4.01. The molecule has 0 aliphatic carbocycles. The van der Waals surface area contributed by atoms with Crippen molar-refractivity contribution in [1.29, 1.82) is 0 Å². The SMILES string of the molecule is C=CCc1cc(/C=C2\C(=O)NC(=O)N(c3ccc(C)c(C)c3)C2=O)cc(Br)c1OCC(=O)OC. The van der Waals surface area contributed by atoms with Crippen LogP contribution in [0.4, 0.5) is 10.5 Å². The van der Waals surface area contributed by atoms with Gasteiger partial charge in [0, 0.05) is 0 Å². The maximum absolute atomic E-state index is 13.2. The highest BCUT2D eigenvalue weighted by Gasteiger charge is 2.37. The van der Waals surface area contributed by atoms with Gasteiger partial charge < -0.3 is 9.47 Å². The number of hydrogen-bond donors (Lipinski definition) is 1. The molecule has 1 heterocycles. The van der Waals surface area contributed by atoms with Crippen LogP contribution in [0.25, 0.3) is 6.08 Å². The number of urea groups is 1. The van der Waals surface area contributed by atoms with E-state index in [2.05, 4.69) is 32.6 Å². The van der Waals surface area contributed by atoms with E-state index < -0.39 is 23.8 Å². The van der Waals surface area contributed by atoms with Crippen molar-refractivity contribution >= 4 is 51.5 Å². The number of halogens is 1. The number of nitrogens with one attached hydrogen (secondary N) is 1. The first kappa shape index (κ1) is 24.9. The van der Waals surface area contributed by atoms with Crippen molar-refractivity contribution in [3.8, 4) is 5.75 Å². The van der Waals surface area contributed by atoms with Crippen LogP contribution in [0.3, 0.4) is 0 Å². The molecule has 0 atom stereocenters. The second-order valence-corrected chi connectivity index (χ2v) is 8.43. The van der Waals surface area contributed by atoms with E-state index in [1.165, 1.54) is 13.2 Å². The molecular formula is C25H23BrN2O6. The van der Waals surface area contributed by atoms with Crippen LogP contribution in [0, 0.1) is 13.8 Å². The largest absolute Gasteiger partial charge is 0.480 e. The standard InChI is InChI=1S/C25H23BrN2O6/c1-5-6-17-10-16(12-20(26)22(17)34-13-21(29)33-4)11-19-23(30)27-25(32)28(24(19)31)18-8-7-14(2)15(3)9-18/h5,7-12H,1,6,13H2,2-4H3,(H,27,30,32)/b19-11+. The topological polar surface area (TPSA) is 102 Å². The van der Waals surface area contributed by atoms with Gasteiger partial charge in [-0.05, 0) is 88.8 Å². The van der Waals surface area contributed by atoms with Crippen LogP contribution in [-0.4, -0.2) is 37.5 Å². The molecule has 34 heavy (non-hydrogen) atoms. The minimum absolute atomic E-state index is 0.197. The Morgan fingerprint density at radius 1 is 1.15 bits per heavy atom. The Labute approximate surface area is 205 Å². The highest BCUT2D eigenvalue weighted by molar-refractivity contribution is 9.10. The number of esters is 1. The molecule has 2 aromatic rings. The number of carbonyl (C=O) groups excluding carboxylic acids is 4. The van der Waals surface area contributed by atoms with Gasteiger partial charge in [-0.15, -0.1) is 6.58 Å². The van der Waals surface area contributed by atoms with Crippen LogP contribution in [0.5, 0.6) is 5.75 Å². The summed E-state index contributed by atoms with van der Waals surface area (Å²) in [4.78, 5) is 50.6. The molecule has 1 saturated heterocycles. The summed E-state index contributed by atoms with van der Waals surface area (Å²) in [6.07, 6.45) is 3.46. The summed E-state index contributed by atoms with van der Waals surface area (Å²) in [6, 6.07) is 7.71. The smallest absolute Gasteiger partial charge is 0.343 e. The Morgan fingerprint density at radius 3 is 2.53 bits per heavy atom. The minimum atomic E-state index is -0.810. The fourth-order valence-electron chi connectivity index (χ4n) is 3.34. The molecule has 1 fully saturated rings. The van der Waals surface area contributed by atoms with Gasteiger partial charge in [0.05, 0.1) is 17.3 Å². The van der Waals surface area contributed by atoms with Gasteiger partial charge in [0.15, 0.2) is 6.61 Å². The lowest BCUT2D eigenvalue weighted by atomic mass is 10.0. The fourth-order valence-corrected chi connectivity index (χ4v) is 3.97. The molecule has 0 radical (unpaired) electrons. The van der Waals surface area contributed by atoms with Crippen LogP contribution < -0.4 is 15.0 Å². The number of anilines is 1. The molecule has 0 unspecified atom stereocenters. The molecule has 3 rings (SSSR count). The number of methoxy groups -OCH3 is 1. The molecule has 8 nitrogen and oxygen atoms in total. The van der Waals surface area contributed by atoms with E-state index in [-0.39, 0.29) is 12.2 Å². The summed E-state index contributed by atoms with van der Waals surface area (Å²) in [5.74, 6) is -1.64. The zero-order valence-electron chi connectivity index (χ0n) is 18.9. The molecule has 176 valence electrons. The Kier molecular flexibility index (Phi) is 7.68. The van der Waals surface area contributed by atoms with E-state index in [0.717, 1.165) is 16.0 Å². The van der Waals surface area contributed by atoms with E-state index in [4.69, 9.17) is 4.74 Å². The van der Waals surface area contributed by atoms with Crippen molar-refractivity contribution in [3.63, 3.8) is 0 Å². The third-order valence-electron chi connectivity index (χ3n) is 5.23. The minimum Gasteiger partial charge on any atom is -0.480 e. The van der Waals surface area contributed by atoms with Crippen LogP contribution in [0.1, 0.15) is 22.3 Å². The summed E-state index contributed by atoms with van der Waals surface area (Å²) in [7, 11) is 1.26. The number of nitrogens with zero attached hydrogens (tertiary/aromatic N) is 1. The van der Waals surface area contributed by atoms with Gasteiger partial charge in [0.1, 0.15) is 11.3 Å². The quantitative estimate of drug-likeness (QED) is 0.253. The molecule has 2 aromatic carbocycles. The number of barbiturate groups is 1. The molecule has 1 aliphatic rings. The lowest BCUT2D eigenvalue weighted by Gasteiger charge is -2.27. The Bertz CT molecular complexity index is 1230. The molecule has 0 saturated carbocycles. The maximum atomic E-state index is 13.2. The second kappa shape index (κ2) is 10.5. The van der Waals surface area contributed by atoms with Crippen LogP contribution in [0.2, 0.25) is 0 Å². The van der Waals surface area contributed by atoms with Crippen LogP contribution in [0.15, 0.2) is 53.0 Å². The molecular weight excluding hydrogens is 504 g/mol. The number of rotatable bonds is 7. The van der Waals surface area contributed by atoms with Gasteiger partial charge in [-0.3, -0.25) is 14.9 Å². The van der Waals surface area contributed by atoms with Gasteiger partial charge in [-0.1, -0.05) is 12.1 Å². The number of imide groups is 2. The molecule has 9 heteroatoms. The lowest BCUT2D eigenvalue weighted by Crippen LogP contribution is -2.54. The number of aryl methyl sites for hydroxylation is 2. The number of benzene rings is 2. The van der Waals surface area contributed by atoms with E-state index in [1.807, 2.05) is 13.8 Å². The van der Waals surface area contributed by atoms with Crippen molar-refractivity contribution < 1.29 is 28.7 Å². The molecule has 0 bridgehead atoms. The summed E-state index contributed by atoms with van der Waals surface area (Å²) in [5.41, 5.74) is 3.27. The zero-order valence-corrected chi connectivity index (χ0v) is 20.5. The molecule has 0 spiro atoms. The van der Waals surface area contributed by atoms with Crippen molar-refractivity contribution in [1.82, 2.24) is 5.32 Å². The fraction of sp³-hybridized carbons (Fsp3) is 0.200. The predicted molar refractivity (Wildman–Crippen MR) is 130 cm³/mol. The first-order chi connectivity index (χ1) is 16.2. The van der Waals surface area contributed by atoms with E-state index in [9.17, 15) is 19.2 Å². The lowest BCUT2D eigenvalue weighted by molar-refractivity contribution is -0.143. The Hall–Kier alpha value is -3.72. The highest BCUT2D eigenvalue weighted by Crippen LogP contribution is 2.33. The first-order valence-electron chi connectivity index (χ1n) is 10.3. The van der Waals surface area contributed by atoms with Crippen LogP contribution in [-0.2, 0) is 25.5 Å². The normalized spacial score (nSPS) is 14.8. The van der Waals surface area contributed by atoms with Gasteiger partial charge in [0.2, 0.25) is 0 Å². The first-order valence-corrected chi connectivity index (χ1v) is 11.1. The maximum Gasteiger partial charge on any atom is 0.343 e. The zero-order chi connectivity index (χ0) is 25.0. The number of hydrogen-bond acceptors (Lipinski definition) is 6. The molecule has 4 amide bonds. The van der Waals surface area contributed by atoms with Gasteiger partial charge >= 0.3 is 12.0 Å². The molecule has 0 aromatic heterocycles. The number of ether oxygens (including phenoxy) is 2. The Balaban J connectivity index is 2.01. The van der Waals surface area contributed by atoms with Crippen molar-refractivity contribution in [2.75, 3.05) is 18.6 Å². The Morgan fingerprint density at radius 2 is 1.88 bits per heavy atom. The third kappa shape index (κ3) is 5.26. The third-order valence-corrected chi connectivity index (χ3v) is 5.82. The average Bonchev–Trinajstić information content (AvgIpc) is 2.78. The van der Waals surface area contributed by atoms with Gasteiger partial charge in [0.25, 0.3) is 11.8 Å². The molecule has 1 aliphatic heterocycles.